The molecule has 0 unspecified atom stereocenters. The Bertz CT molecular complexity index is 643. The lowest BCUT2D eigenvalue weighted by Gasteiger charge is -2.09. The second-order valence-corrected chi connectivity index (χ2v) is 4.51. The van der Waals surface area contributed by atoms with E-state index < -0.39 is 11.7 Å². The molecule has 1 amide bonds. The quantitative estimate of drug-likeness (QED) is 0.880. The van der Waals surface area contributed by atoms with Gasteiger partial charge in [-0.25, -0.2) is 4.39 Å². The standard InChI is InChI=1S/C14H11ClFNO2/c1-8-2-4-10(16)7-12(8)17-14(19)11-5-3-9(15)6-13(11)18/h2-7,18H,1H3,(H,17,19). The number of carbonyl (C=O) groups is 1. The number of benzene rings is 2. The van der Waals surface area contributed by atoms with Crippen LogP contribution < -0.4 is 5.32 Å². The maximum atomic E-state index is 13.1. The highest BCUT2D eigenvalue weighted by molar-refractivity contribution is 6.31. The number of aromatic hydroxyl groups is 1. The Kier molecular flexibility index (Phi) is 3.71. The second-order valence-electron chi connectivity index (χ2n) is 4.07. The Labute approximate surface area is 114 Å². The predicted molar refractivity (Wildman–Crippen MR) is 72.2 cm³/mol. The van der Waals surface area contributed by atoms with Crippen LogP contribution in [0.4, 0.5) is 10.1 Å². The molecule has 0 saturated heterocycles. The SMILES string of the molecule is Cc1ccc(F)cc1NC(=O)c1ccc(Cl)cc1O. The number of hydrogen-bond donors (Lipinski definition) is 2. The molecule has 3 nitrogen and oxygen atoms in total. The zero-order valence-electron chi connectivity index (χ0n) is 10.1. The van der Waals surface area contributed by atoms with E-state index in [0.717, 1.165) is 5.56 Å². The van der Waals surface area contributed by atoms with Crippen LogP contribution in [0, 0.1) is 12.7 Å². The van der Waals surface area contributed by atoms with Gasteiger partial charge in [-0.2, -0.15) is 0 Å². The summed E-state index contributed by atoms with van der Waals surface area (Å²) < 4.78 is 13.1. The third kappa shape index (κ3) is 3.03. The molecule has 0 aliphatic heterocycles. The Morgan fingerprint density at radius 3 is 2.68 bits per heavy atom. The third-order valence-electron chi connectivity index (χ3n) is 2.65. The van der Waals surface area contributed by atoms with Gasteiger partial charge in [0, 0.05) is 10.7 Å². The summed E-state index contributed by atoms with van der Waals surface area (Å²) >= 11 is 5.69. The smallest absolute Gasteiger partial charge is 0.259 e. The summed E-state index contributed by atoms with van der Waals surface area (Å²) in [7, 11) is 0. The maximum absolute atomic E-state index is 13.1. The van der Waals surface area contributed by atoms with Crippen molar-refractivity contribution in [2.75, 3.05) is 5.32 Å². The zero-order chi connectivity index (χ0) is 14.0. The minimum absolute atomic E-state index is 0.0769. The largest absolute Gasteiger partial charge is 0.507 e. The molecule has 0 bridgehead atoms. The summed E-state index contributed by atoms with van der Waals surface area (Å²) in [6, 6.07) is 8.27. The summed E-state index contributed by atoms with van der Waals surface area (Å²) in [6.07, 6.45) is 0. The first-order valence-electron chi connectivity index (χ1n) is 5.53. The van der Waals surface area contributed by atoms with Gasteiger partial charge in [-0.15, -0.1) is 0 Å². The topological polar surface area (TPSA) is 49.3 Å². The van der Waals surface area contributed by atoms with E-state index in [-0.39, 0.29) is 11.3 Å². The number of halogens is 2. The lowest BCUT2D eigenvalue weighted by atomic mass is 10.1. The molecule has 98 valence electrons. The number of nitrogens with one attached hydrogen (secondary N) is 1. The summed E-state index contributed by atoms with van der Waals surface area (Å²) in [5, 5.41) is 12.5. The fourth-order valence-electron chi connectivity index (χ4n) is 1.62. The van der Waals surface area contributed by atoms with Gasteiger partial charge in [0.1, 0.15) is 11.6 Å². The monoisotopic (exact) mass is 279 g/mol. The molecule has 2 rings (SSSR count). The molecule has 0 saturated carbocycles. The number of aryl methyl sites for hydroxylation is 1. The van der Waals surface area contributed by atoms with Gasteiger partial charge in [-0.3, -0.25) is 4.79 Å². The Morgan fingerprint density at radius 2 is 2.00 bits per heavy atom. The fourth-order valence-corrected chi connectivity index (χ4v) is 1.78. The van der Waals surface area contributed by atoms with E-state index >= 15 is 0 Å². The van der Waals surface area contributed by atoms with Crippen molar-refractivity contribution in [1.29, 1.82) is 0 Å². The zero-order valence-corrected chi connectivity index (χ0v) is 10.8. The normalized spacial score (nSPS) is 10.3. The molecule has 5 heteroatoms. The van der Waals surface area contributed by atoms with Crippen LogP contribution in [0.3, 0.4) is 0 Å². The minimum Gasteiger partial charge on any atom is -0.507 e. The molecule has 0 heterocycles. The molecule has 0 fully saturated rings. The van der Waals surface area contributed by atoms with Crippen molar-refractivity contribution >= 4 is 23.2 Å². The van der Waals surface area contributed by atoms with Crippen molar-refractivity contribution in [3.63, 3.8) is 0 Å². The number of amides is 1. The van der Waals surface area contributed by atoms with Gasteiger partial charge in [-0.05, 0) is 42.8 Å². The number of rotatable bonds is 2. The number of carbonyl (C=O) groups excluding carboxylic acids is 1. The molecular formula is C14H11ClFNO2. The molecule has 19 heavy (non-hydrogen) atoms. The van der Waals surface area contributed by atoms with Crippen molar-refractivity contribution in [3.8, 4) is 5.75 Å². The highest BCUT2D eigenvalue weighted by atomic mass is 35.5. The average molecular weight is 280 g/mol. The van der Waals surface area contributed by atoms with Crippen LogP contribution >= 0.6 is 11.6 Å². The second kappa shape index (κ2) is 5.28. The van der Waals surface area contributed by atoms with Crippen molar-refractivity contribution < 1.29 is 14.3 Å². The van der Waals surface area contributed by atoms with Crippen LogP contribution in [0.1, 0.15) is 15.9 Å². The Morgan fingerprint density at radius 1 is 1.26 bits per heavy atom. The Hall–Kier alpha value is -2.07. The van der Waals surface area contributed by atoms with E-state index in [1.807, 2.05) is 0 Å². The number of phenols is 1. The van der Waals surface area contributed by atoms with Gasteiger partial charge in [0.25, 0.3) is 5.91 Å². The molecular weight excluding hydrogens is 269 g/mol. The van der Waals surface area contributed by atoms with E-state index in [1.54, 1.807) is 13.0 Å². The van der Waals surface area contributed by atoms with Crippen LogP contribution in [0.15, 0.2) is 36.4 Å². The van der Waals surface area contributed by atoms with E-state index in [0.29, 0.717) is 10.7 Å². The average Bonchev–Trinajstić information content (AvgIpc) is 2.33. The maximum Gasteiger partial charge on any atom is 0.259 e. The lowest BCUT2D eigenvalue weighted by Crippen LogP contribution is -2.13. The molecule has 2 aromatic carbocycles. The lowest BCUT2D eigenvalue weighted by molar-refractivity contribution is 0.102. The Balaban J connectivity index is 2.28. The summed E-state index contributed by atoms with van der Waals surface area (Å²) in [6.45, 7) is 1.75. The fraction of sp³-hybridized carbons (Fsp3) is 0.0714. The van der Waals surface area contributed by atoms with Crippen LogP contribution in [-0.4, -0.2) is 11.0 Å². The predicted octanol–water partition coefficient (Wildman–Crippen LogP) is 3.75. The first-order chi connectivity index (χ1) is 8.97. The summed E-state index contributed by atoms with van der Waals surface area (Å²) in [5.41, 5.74) is 1.16. The molecule has 2 N–H and O–H groups in total. The van der Waals surface area contributed by atoms with Gasteiger partial charge in [0.2, 0.25) is 0 Å². The van der Waals surface area contributed by atoms with Gasteiger partial charge in [0.05, 0.1) is 5.56 Å². The summed E-state index contributed by atoms with van der Waals surface area (Å²) in [4.78, 5) is 12.0. The first-order valence-corrected chi connectivity index (χ1v) is 5.91. The molecule has 0 radical (unpaired) electrons. The van der Waals surface area contributed by atoms with Crippen molar-refractivity contribution in [2.45, 2.75) is 6.92 Å². The highest BCUT2D eigenvalue weighted by Crippen LogP contribution is 2.24. The van der Waals surface area contributed by atoms with E-state index in [2.05, 4.69) is 5.32 Å². The molecule has 0 atom stereocenters. The van der Waals surface area contributed by atoms with Crippen LogP contribution in [0.2, 0.25) is 5.02 Å². The molecule has 2 aromatic rings. The van der Waals surface area contributed by atoms with E-state index in [4.69, 9.17) is 11.6 Å². The van der Waals surface area contributed by atoms with Gasteiger partial charge < -0.3 is 10.4 Å². The summed E-state index contributed by atoms with van der Waals surface area (Å²) in [5.74, 6) is -1.19. The van der Waals surface area contributed by atoms with Gasteiger partial charge >= 0.3 is 0 Å². The highest BCUT2D eigenvalue weighted by Gasteiger charge is 2.13. The van der Waals surface area contributed by atoms with Crippen molar-refractivity contribution in [1.82, 2.24) is 0 Å². The molecule has 0 aliphatic carbocycles. The van der Waals surface area contributed by atoms with Crippen LogP contribution in [0.25, 0.3) is 0 Å². The van der Waals surface area contributed by atoms with Gasteiger partial charge in [-0.1, -0.05) is 17.7 Å². The van der Waals surface area contributed by atoms with Crippen LogP contribution in [-0.2, 0) is 0 Å². The van der Waals surface area contributed by atoms with Crippen molar-refractivity contribution in [2.24, 2.45) is 0 Å². The van der Waals surface area contributed by atoms with E-state index in [9.17, 15) is 14.3 Å². The molecule has 0 aromatic heterocycles. The number of anilines is 1. The molecule has 0 spiro atoms. The van der Waals surface area contributed by atoms with E-state index in [1.165, 1.54) is 30.3 Å². The number of phenolic OH excluding ortho intramolecular Hbond substituents is 1. The van der Waals surface area contributed by atoms with Gasteiger partial charge in [0.15, 0.2) is 0 Å². The third-order valence-corrected chi connectivity index (χ3v) is 2.89. The minimum atomic E-state index is -0.525. The van der Waals surface area contributed by atoms with Crippen molar-refractivity contribution in [3.05, 3.63) is 58.4 Å². The van der Waals surface area contributed by atoms with Crippen LogP contribution in [0.5, 0.6) is 5.75 Å². The molecule has 0 aliphatic rings. The first kappa shape index (κ1) is 13.4. The number of hydrogen-bond acceptors (Lipinski definition) is 2.